The molecule has 0 unspecified atom stereocenters. The largest absolute Gasteiger partial charge is 0.497 e. The molecule has 4 heterocycles. The van der Waals surface area contributed by atoms with Gasteiger partial charge in [-0.25, -0.2) is 9.97 Å². The quantitative estimate of drug-likeness (QED) is 0.602. The second-order valence-electron chi connectivity index (χ2n) is 8.35. The van der Waals surface area contributed by atoms with E-state index in [0.717, 1.165) is 35.4 Å². The molecule has 8 heteroatoms. The van der Waals surface area contributed by atoms with Crippen LogP contribution in [-0.4, -0.2) is 45.3 Å². The molecule has 0 spiro atoms. The van der Waals surface area contributed by atoms with E-state index in [2.05, 4.69) is 4.98 Å². The minimum Gasteiger partial charge on any atom is -0.497 e. The second-order valence-corrected chi connectivity index (χ2v) is 8.35. The smallest absolute Gasteiger partial charge is 0.273 e. The predicted molar refractivity (Wildman–Crippen MR) is 122 cm³/mol. The zero-order valence-corrected chi connectivity index (χ0v) is 18.7. The van der Waals surface area contributed by atoms with Crippen LogP contribution in [0.4, 0.5) is 5.82 Å². The molecule has 0 bridgehead atoms. The van der Waals surface area contributed by atoms with Gasteiger partial charge in [-0.3, -0.25) is 19.5 Å². The summed E-state index contributed by atoms with van der Waals surface area (Å²) in [6, 6.07) is 12.8. The number of nitrogens with zero attached hydrogens (tertiary/aromatic N) is 5. The number of fused-ring (bicyclic) bond motifs is 1. The van der Waals surface area contributed by atoms with Crippen molar-refractivity contribution < 1.29 is 14.3 Å². The number of aromatic nitrogens is 3. The summed E-state index contributed by atoms with van der Waals surface area (Å²) in [6.07, 6.45) is 3.57. The van der Waals surface area contributed by atoms with Gasteiger partial charge >= 0.3 is 0 Å². The molecule has 2 aliphatic heterocycles. The highest BCUT2D eigenvalue weighted by molar-refractivity contribution is 6.00. The van der Waals surface area contributed by atoms with E-state index in [1.54, 1.807) is 35.2 Å². The van der Waals surface area contributed by atoms with Gasteiger partial charge in [-0.1, -0.05) is 18.2 Å². The molecular weight excluding hydrogens is 418 g/mol. The summed E-state index contributed by atoms with van der Waals surface area (Å²) in [7, 11) is 1.63. The Hall–Kier alpha value is -3.81. The molecule has 3 aromatic rings. The summed E-state index contributed by atoms with van der Waals surface area (Å²) < 4.78 is 5.23. The highest BCUT2D eigenvalue weighted by atomic mass is 16.5. The highest BCUT2D eigenvalue weighted by Crippen LogP contribution is 2.36. The van der Waals surface area contributed by atoms with Crippen molar-refractivity contribution in [1.82, 2.24) is 19.9 Å². The third-order valence-corrected chi connectivity index (χ3v) is 6.29. The standard InChI is InChI=1S/C25H25N5O3/c1-16-19-14-22(31)30(15-17-8-10-18(33-2)11-9-17)24(19)28-23(27-16)21-7-5-13-29(21)25(32)20-6-3-4-12-26-20/h3-4,6,8-12,21H,5,7,13-15H2,1-2H3/t21-/m1/s1. The number of pyridine rings is 1. The molecule has 1 fully saturated rings. The van der Waals surface area contributed by atoms with Gasteiger partial charge < -0.3 is 9.64 Å². The van der Waals surface area contributed by atoms with Crippen molar-refractivity contribution in [2.75, 3.05) is 18.6 Å². The van der Waals surface area contributed by atoms with Gasteiger partial charge in [0.15, 0.2) is 5.82 Å². The van der Waals surface area contributed by atoms with Crippen molar-refractivity contribution in [3.05, 3.63) is 77.0 Å². The molecule has 33 heavy (non-hydrogen) atoms. The molecule has 2 aromatic heterocycles. The Bertz CT molecular complexity index is 1200. The van der Waals surface area contributed by atoms with E-state index in [1.807, 2.05) is 37.3 Å². The number of methoxy groups -OCH3 is 1. The Morgan fingerprint density at radius 3 is 2.70 bits per heavy atom. The van der Waals surface area contributed by atoms with Gasteiger partial charge in [-0.2, -0.15) is 0 Å². The number of ether oxygens (including phenoxy) is 1. The summed E-state index contributed by atoms with van der Waals surface area (Å²) in [5.74, 6) is 1.89. The van der Waals surface area contributed by atoms with Crippen LogP contribution in [0.1, 0.15) is 52.0 Å². The van der Waals surface area contributed by atoms with Crippen LogP contribution in [0.25, 0.3) is 0 Å². The average Bonchev–Trinajstić information content (AvgIpc) is 3.45. The van der Waals surface area contributed by atoms with Crippen LogP contribution in [0.5, 0.6) is 5.75 Å². The molecule has 8 nitrogen and oxygen atoms in total. The molecule has 0 radical (unpaired) electrons. The number of likely N-dealkylation sites (tertiary alicyclic amines) is 1. The molecule has 0 aliphatic carbocycles. The van der Waals surface area contributed by atoms with Gasteiger partial charge in [0, 0.05) is 24.0 Å². The molecule has 0 N–H and O–H groups in total. The number of aryl methyl sites for hydroxylation is 1. The third kappa shape index (κ3) is 3.92. The number of hydrogen-bond donors (Lipinski definition) is 0. The monoisotopic (exact) mass is 443 g/mol. The first-order valence-electron chi connectivity index (χ1n) is 11.1. The van der Waals surface area contributed by atoms with Crippen molar-refractivity contribution in [2.24, 2.45) is 0 Å². The summed E-state index contributed by atoms with van der Waals surface area (Å²) >= 11 is 0. The van der Waals surface area contributed by atoms with Crippen LogP contribution in [0, 0.1) is 6.92 Å². The number of carbonyl (C=O) groups excluding carboxylic acids is 2. The maximum absolute atomic E-state index is 13.1. The summed E-state index contributed by atoms with van der Waals surface area (Å²) in [4.78, 5) is 43.3. The number of carbonyl (C=O) groups is 2. The molecule has 1 saturated heterocycles. The lowest BCUT2D eigenvalue weighted by molar-refractivity contribution is -0.117. The first kappa shape index (κ1) is 21.1. The predicted octanol–water partition coefficient (Wildman–Crippen LogP) is 3.26. The van der Waals surface area contributed by atoms with E-state index >= 15 is 0 Å². The van der Waals surface area contributed by atoms with E-state index < -0.39 is 0 Å². The van der Waals surface area contributed by atoms with Gasteiger partial charge in [0.2, 0.25) is 5.91 Å². The Morgan fingerprint density at radius 2 is 1.97 bits per heavy atom. The number of hydrogen-bond acceptors (Lipinski definition) is 6. The Labute approximate surface area is 192 Å². The molecule has 1 aromatic carbocycles. The number of amides is 2. The van der Waals surface area contributed by atoms with Gasteiger partial charge in [0.05, 0.1) is 26.1 Å². The van der Waals surface area contributed by atoms with Crippen molar-refractivity contribution >= 4 is 17.6 Å². The number of anilines is 1. The van der Waals surface area contributed by atoms with Crippen molar-refractivity contribution in [1.29, 1.82) is 0 Å². The van der Waals surface area contributed by atoms with Crippen molar-refractivity contribution in [3.63, 3.8) is 0 Å². The maximum atomic E-state index is 13.1. The van der Waals surface area contributed by atoms with E-state index in [4.69, 9.17) is 14.7 Å². The van der Waals surface area contributed by atoms with Crippen LogP contribution in [0.3, 0.4) is 0 Å². The normalized spacial score (nSPS) is 17.4. The highest BCUT2D eigenvalue weighted by Gasteiger charge is 2.37. The fourth-order valence-corrected chi connectivity index (χ4v) is 4.54. The molecule has 5 rings (SSSR count). The SMILES string of the molecule is COc1ccc(CN2C(=O)Cc3c(C)nc([C@H]4CCCN4C(=O)c4ccccn4)nc32)cc1. The lowest BCUT2D eigenvalue weighted by Crippen LogP contribution is -2.32. The number of benzene rings is 1. The zero-order chi connectivity index (χ0) is 22.9. The first-order chi connectivity index (χ1) is 16.0. The van der Waals surface area contributed by atoms with Crippen molar-refractivity contribution in [3.8, 4) is 5.75 Å². The van der Waals surface area contributed by atoms with Gasteiger partial charge in [-0.05, 0) is 49.6 Å². The van der Waals surface area contributed by atoms with Crippen LogP contribution in [0.15, 0.2) is 48.7 Å². The van der Waals surface area contributed by atoms with Gasteiger partial charge in [0.1, 0.15) is 17.3 Å². The van der Waals surface area contributed by atoms with Crippen LogP contribution < -0.4 is 9.64 Å². The van der Waals surface area contributed by atoms with Gasteiger partial charge in [0.25, 0.3) is 5.91 Å². The first-order valence-corrected chi connectivity index (χ1v) is 11.1. The summed E-state index contributed by atoms with van der Waals surface area (Å²) in [5.41, 5.74) is 3.05. The van der Waals surface area contributed by atoms with Gasteiger partial charge in [-0.15, -0.1) is 0 Å². The molecule has 1 atom stereocenters. The van der Waals surface area contributed by atoms with Crippen molar-refractivity contribution in [2.45, 2.75) is 38.8 Å². The van der Waals surface area contributed by atoms with Crippen LogP contribution in [0.2, 0.25) is 0 Å². The minimum absolute atomic E-state index is 0.00297. The van der Waals surface area contributed by atoms with E-state index in [-0.39, 0.29) is 17.9 Å². The third-order valence-electron chi connectivity index (χ3n) is 6.29. The topological polar surface area (TPSA) is 88.5 Å². The molecule has 2 aliphatic rings. The fourth-order valence-electron chi connectivity index (χ4n) is 4.54. The van der Waals surface area contributed by atoms with E-state index in [0.29, 0.717) is 36.8 Å². The average molecular weight is 444 g/mol. The zero-order valence-electron chi connectivity index (χ0n) is 18.7. The lowest BCUT2D eigenvalue weighted by Gasteiger charge is -2.25. The Kier molecular flexibility index (Phi) is 5.50. The summed E-state index contributed by atoms with van der Waals surface area (Å²) in [5, 5.41) is 0. The Balaban J connectivity index is 1.45. The molecule has 2 amide bonds. The summed E-state index contributed by atoms with van der Waals surface area (Å²) in [6.45, 7) is 2.97. The fraction of sp³-hybridized carbons (Fsp3) is 0.320. The number of rotatable bonds is 5. The maximum Gasteiger partial charge on any atom is 0.273 e. The minimum atomic E-state index is -0.234. The lowest BCUT2D eigenvalue weighted by atomic mass is 10.1. The Morgan fingerprint density at radius 1 is 1.15 bits per heavy atom. The molecule has 168 valence electrons. The van der Waals surface area contributed by atoms with E-state index in [9.17, 15) is 9.59 Å². The second kappa shape index (κ2) is 8.61. The van der Waals surface area contributed by atoms with Crippen LogP contribution >= 0.6 is 0 Å². The molecule has 0 saturated carbocycles. The van der Waals surface area contributed by atoms with E-state index in [1.165, 1.54) is 0 Å². The molecular formula is C25H25N5O3. The van der Waals surface area contributed by atoms with Crippen LogP contribution in [-0.2, 0) is 17.8 Å².